The third-order valence-corrected chi connectivity index (χ3v) is 7.36. The summed E-state index contributed by atoms with van der Waals surface area (Å²) in [6.45, 7) is 5.78. The second-order valence-electron chi connectivity index (χ2n) is 10.6. The van der Waals surface area contributed by atoms with Gasteiger partial charge in [-0.3, -0.25) is 0 Å². The van der Waals surface area contributed by atoms with E-state index >= 15 is 0 Å². The zero-order chi connectivity index (χ0) is 32.2. The number of benzene rings is 2. The summed E-state index contributed by atoms with van der Waals surface area (Å²) < 4.78 is 22.1. The van der Waals surface area contributed by atoms with Gasteiger partial charge < -0.3 is 29.6 Å². The van der Waals surface area contributed by atoms with Gasteiger partial charge in [0.15, 0.2) is 11.9 Å². The molecule has 0 saturated heterocycles. The Labute approximate surface area is 263 Å². The van der Waals surface area contributed by atoms with Crippen LogP contribution < -0.4 is 5.73 Å². The van der Waals surface area contributed by atoms with Crippen LogP contribution in [-0.4, -0.2) is 53.9 Å². The number of amidine groups is 2. The normalized spacial score (nSPS) is 18.9. The van der Waals surface area contributed by atoms with E-state index < -0.39 is 24.5 Å². The molecule has 0 radical (unpaired) electrons. The Morgan fingerprint density at radius 2 is 1.84 bits per heavy atom. The summed E-state index contributed by atoms with van der Waals surface area (Å²) in [6, 6.07) is 14.5. The molecule has 2 aromatic rings. The van der Waals surface area contributed by atoms with Crippen LogP contribution in [0.4, 0.5) is 4.79 Å². The molecule has 1 aliphatic heterocycles. The van der Waals surface area contributed by atoms with Crippen molar-refractivity contribution in [1.82, 2.24) is 4.90 Å². The van der Waals surface area contributed by atoms with E-state index in [0.717, 1.165) is 48.8 Å². The number of nitrogens with two attached hydrogens (primary N) is 1. The average molecular weight is 617 g/mol. The lowest BCUT2D eigenvalue weighted by atomic mass is 9.98. The van der Waals surface area contributed by atoms with Crippen LogP contribution in [0.2, 0.25) is 0 Å². The number of hydrogen-bond acceptors (Lipinski definition) is 10. The number of carbonyl (C=O) groups excluding carboxylic acids is 2. The van der Waals surface area contributed by atoms with Gasteiger partial charge in [0.2, 0.25) is 6.29 Å². The van der Waals surface area contributed by atoms with Crippen LogP contribution >= 0.6 is 0 Å². The first-order valence-electron chi connectivity index (χ1n) is 15.1. The number of esters is 1. The number of nitrogens with zero attached hydrogens (tertiary/aromatic N) is 4. The van der Waals surface area contributed by atoms with E-state index in [1.165, 1.54) is 6.92 Å². The minimum atomic E-state index is -1.17. The molecule has 2 unspecified atom stereocenters. The number of carbonyl (C=O) groups is 2. The van der Waals surface area contributed by atoms with Crippen LogP contribution in [0, 0.1) is 5.53 Å². The standard InChI is InChI=1S/C33H40N6O6/c1-4-6-16-28-29(31(40)43-22(3)44-33(41)45-25-12-8-7-9-13-25)39(32(36-28)42-5-2)21-23-17-19-24(20-18-23)26-14-10-11-15-27(26)30(34)37-38-35/h4,6,10-11,14-20,22,25,29H,5,7-9,12-13,21H2,1-3H3,(H3,34,35,37)/b6-4-,28-16+. The lowest BCUT2D eigenvalue weighted by Crippen LogP contribution is -2.44. The Bertz CT molecular complexity index is 1460. The Morgan fingerprint density at radius 1 is 1.11 bits per heavy atom. The lowest BCUT2D eigenvalue weighted by Gasteiger charge is -2.27. The zero-order valence-electron chi connectivity index (χ0n) is 25.8. The van der Waals surface area contributed by atoms with Crippen LogP contribution in [0.25, 0.3) is 11.1 Å². The summed E-state index contributed by atoms with van der Waals surface area (Å²) in [4.78, 5) is 32.3. The van der Waals surface area contributed by atoms with Gasteiger partial charge in [-0.2, -0.15) is 10.5 Å². The maximum atomic E-state index is 13.6. The summed E-state index contributed by atoms with van der Waals surface area (Å²) in [7, 11) is 0. The SMILES string of the molecule is C/C=C\C=C1\N=C(OCC)N(Cc2ccc(-c3ccccc3C(N)=NN=N)cc2)C1C(=O)OC(C)OC(=O)OC1CCCCC1. The van der Waals surface area contributed by atoms with Crippen molar-refractivity contribution in [2.45, 2.75) is 77.9 Å². The number of ether oxygens (including phenoxy) is 4. The van der Waals surface area contributed by atoms with Crippen LogP contribution in [0.5, 0.6) is 0 Å². The van der Waals surface area contributed by atoms with E-state index in [0.29, 0.717) is 17.9 Å². The molecular formula is C33H40N6O6. The molecule has 0 amide bonds. The second-order valence-corrected chi connectivity index (χ2v) is 10.6. The third-order valence-electron chi connectivity index (χ3n) is 7.36. The van der Waals surface area contributed by atoms with E-state index in [1.54, 1.807) is 17.1 Å². The number of allylic oxidation sites excluding steroid dienone is 3. The van der Waals surface area contributed by atoms with E-state index in [9.17, 15) is 9.59 Å². The second kappa shape index (κ2) is 16.2. The van der Waals surface area contributed by atoms with E-state index in [4.69, 9.17) is 30.2 Å². The highest BCUT2D eigenvalue weighted by Crippen LogP contribution is 2.29. The predicted octanol–water partition coefficient (Wildman–Crippen LogP) is 6.42. The Morgan fingerprint density at radius 3 is 2.53 bits per heavy atom. The molecule has 4 rings (SSSR count). The quantitative estimate of drug-likeness (QED) is 0.0730. The Hall–Kier alpha value is -5.00. The number of nitrogens with one attached hydrogen (secondary N) is 1. The average Bonchev–Trinajstić information content (AvgIpc) is 3.37. The highest BCUT2D eigenvalue weighted by atomic mass is 16.8. The summed E-state index contributed by atoms with van der Waals surface area (Å²) >= 11 is 0. The Kier molecular flexibility index (Phi) is 11.8. The molecule has 12 nitrogen and oxygen atoms in total. The summed E-state index contributed by atoms with van der Waals surface area (Å²) in [5.74, 6) is -0.510. The van der Waals surface area contributed by atoms with E-state index in [2.05, 4.69) is 15.3 Å². The van der Waals surface area contributed by atoms with Gasteiger partial charge in [-0.15, -0.1) is 5.10 Å². The minimum Gasteiger partial charge on any atom is -0.465 e. The molecule has 0 aromatic heterocycles. The summed E-state index contributed by atoms with van der Waals surface area (Å²) in [6.07, 6.45) is 7.86. The smallest absolute Gasteiger partial charge is 0.465 e. The van der Waals surface area contributed by atoms with Crippen LogP contribution in [0.15, 0.2) is 87.8 Å². The number of hydrogen-bond donors (Lipinski definition) is 2. The minimum absolute atomic E-state index is 0.140. The van der Waals surface area contributed by atoms with Gasteiger partial charge >= 0.3 is 12.1 Å². The summed E-state index contributed by atoms with van der Waals surface area (Å²) in [5.41, 5.74) is 16.7. The van der Waals surface area contributed by atoms with Crippen molar-refractivity contribution >= 4 is 24.0 Å². The highest BCUT2D eigenvalue weighted by molar-refractivity contribution is 6.03. The van der Waals surface area contributed by atoms with Gasteiger partial charge in [0.05, 0.1) is 12.3 Å². The molecule has 12 heteroatoms. The van der Waals surface area contributed by atoms with E-state index in [-0.39, 0.29) is 24.5 Å². The fourth-order valence-electron chi connectivity index (χ4n) is 5.27. The molecule has 1 fully saturated rings. The van der Waals surface area contributed by atoms with Gasteiger partial charge in [0.1, 0.15) is 6.10 Å². The van der Waals surface area contributed by atoms with Crippen LogP contribution in [0.1, 0.15) is 64.0 Å². The van der Waals surface area contributed by atoms with E-state index in [1.807, 2.05) is 68.5 Å². The molecule has 1 aliphatic carbocycles. The third kappa shape index (κ3) is 8.78. The van der Waals surface area contributed by atoms with Gasteiger partial charge in [-0.1, -0.05) is 72.3 Å². The monoisotopic (exact) mass is 616 g/mol. The number of rotatable bonds is 11. The molecule has 2 atom stereocenters. The molecule has 2 aliphatic rings. The summed E-state index contributed by atoms with van der Waals surface area (Å²) in [5, 5.41) is 6.72. The molecule has 238 valence electrons. The maximum absolute atomic E-state index is 13.6. The topological polar surface area (TPSA) is 161 Å². The fraction of sp³-hybridized carbons (Fsp3) is 0.394. The molecule has 1 heterocycles. The van der Waals surface area contributed by atoms with Gasteiger partial charge in [-0.05, 0) is 62.3 Å². The molecule has 1 saturated carbocycles. The molecule has 2 aromatic carbocycles. The zero-order valence-corrected chi connectivity index (χ0v) is 25.8. The van der Waals surface area contributed by atoms with Gasteiger partial charge in [-0.25, -0.2) is 9.59 Å². The highest BCUT2D eigenvalue weighted by Gasteiger charge is 2.40. The molecular weight excluding hydrogens is 576 g/mol. The van der Waals surface area contributed by atoms with Crippen molar-refractivity contribution in [2.75, 3.05) is 6.61 Å². The molecule has 0 bridgehead atoms. The molecule has 45 heavy (non-hydrogen) atoms. The Balaban J connectivity index is 1.53. The first kappa shape index (κ1) is 32.9. The molecule has 0 spiro atoms. The van der Waals surface area contributed by atoms with Gasteiger partial charge in [0.25, 0.3) is 6.02 Å². The van der Waals surface area contributed by atoms with Crippen molar-refractivity contribution in [2.24, 2.45) is 21.1 Å². The van der Waals surface area contributed by atoms with Crippen molar-refractivity contribution in [3.8, 4) is 11.1 Å². The lowest BCUT2D eigenvalue weighted by molar-refractivity contribution is -0.172. The maximum Gasteiger partial charge on any atom is 0.511 e. The van der Waals surface area contributed by atoms with Crippen molar-refractivity contribution in [3.63, 3.8) is 0 Å². The predicted molar refractivity (Wildman–Crippen MR) is 169 cm³/mol. The van der Waals surface area contributed by atoms with Crippen LogP contribution in [0.3, 0.4) is 0 Å². The first-order valence-corrected chi connectivity index (χ1v) is 15.1. The van der Waals surface area contributed by atoms with Crippen LogP contribution in [-0.2, 0) is 30.3 Å². The largest absolute Gasteiger partial charge is 0.511 e. The molecule has 3 N–H and O–H groups in total. The van der Waals surface area contributed by atoms with Crippen molar-refractivity contribution in [3.05, 3.63) is 83.6 Å². The van der Waals surface area contributed by atoms with Gasteiger partial charge in [0, 0.05) is 19.0 Å². The first-order chi connectivity index (χ1) is 21.8. The number of aliphatic imine (C=N–C) groups is 1. The fourth-order valence-corrected chi connectivity index (χ4v) is 5.27. The van der Waals surface area contributed by atoms with Crippen molar-refractivity contribution < 1.29 is 28.5 Å². The van der Waals surface area contributed by atoms with Crippen molar-refractivity contribution in [1.29, 1.82) is 5.53 Å².